The Kier molecular flexibility index (Phi) is 31.1. The summed E-state index contributed by atoms with van der Waals surface area (Å²) in [5.41, 5.74) is 1.05. The van der Waals surface area contributed by atoms with Gasteiger partial charge in [0, 0.05) is 13.7 Å². The van der Waals surface area contributed by atoms with Gasteiger partial charge in [0.25, 0.3) is 5.91 Å². The zero-order valence-corrected chi connectivity index (χ0v) is 35.2. The number of unbranched alkanes of at least 4 members (excludes halogenated alkanes) is 3. The molecule has 7 N–H and O–H groups in total. The van der Waals surface area contributed by atoms with Crippen molar-refractivity contribution in [1.82, 2.24) is 26.6 Å². The van der Waals surface area contributed by atoms with Gasteiger partial charge in [-0.1, -0.05) is 115 Å². The molecule has 1 aromatic carbocycles. The molecule has 2 rings (SSSR count). The van der Waals surface area contributed by atoms with Gasteiger partial charge in [-0.25, -0.2) is 4.79 Å². The Bertz CT molecular complexity index is 1420. The number of carbonyl (C=O) groups is 7. The van der Waals surface area contributed by atoms with Gasteiger partial charge < -0.3 is 41.5 Å². The number of amides is 5. The summed E-state index contributed by atoms with van der Waals surface area (Å²) in [6.07, 6.45) is 17.8. The van der Waals surface area contributed by atoms with E-state index in [4.69, 9.17) is 4.74 Å². The molecule has 15 heteroatoms. The molecule has 3 atom stereocenters. The Morgan fingerprint density at radius 1 is 0.793 bits per heavy atom. The zero-order valence-electron chi connectivity index (χ0n) is 35.2. The summed E-state index contributed by atoms with van der Waals surface area (Å²) in [5, 5.41) is 31.8. The lowest BCUT2D eigenvalue weighted by Crippen LogP contribution is -2.55. The molecular weight excluding hydrogens is 746 g/mol. The molecule has 15 nitrogen and oxygen atoms in total. The minimum Gasteiger partial charge on any atom is -0.508 e. The minimum atomic E-state index is -1.38. The molecule has 1 aliphatic carbocycles. The summed E-state index contributed by atoms with van der Waals surface area (Å²) in [6, 6.07) is 4.04. The second-order valence-electron chi connectivity index (χ2n) is 13.5. The third kappa shape index (κ3) is 23.9. The van der Waals surface area contributed by atoms with Crippen LogP contribution in [0.5, 0.6) is 0 Å². The van der Waals surface area contributed by atoms with E-state index in [1.54, 1.807) is 32.2 Å². The van der Waals surface area contributed by atoms with Crippen molar-refractivity contribution in [2.75, 3.05) is 26.8 Å². The fourth-order valence-corrected chi connectivity index (χ4v) is 5.94. The lowest BCUT2D eigenvalue weighted by Gasteiger charge is -2.22. The molecule has 0 heterocycles. The van der Waals surface area contributed by atoms with Crippen LogP contribution in [0, 0.1) is 0 Å². The highest BCUT2D eigenvalue weighted by atomic mass is 16.5. The summed E-state index contributed by atoms with van der Waals surface area (Å²) in [7, 11) is 1.66. The van der Waals surface area contributed by atoms with Crippen LogP contribution in [0.1, 0.15) is 136 Å². The summed E-state index contributed by atoms with van der Waals surface area (Å²) in [5.74, 6) is -5.80. The number of aliphatic hydroxyl groups is 1. The first kappa shape index (κ1) is 53.0. The van der Waals surface area contributed by atoms with E-state index in [1.807, 2.05) is 26.8 Å². The lowest BCUT2D eigenvalue weighted by molar-refractivity contribution is -0.142. The molecule has 326 valence electrons. The van der Waals surface area contributed by atoms with E-state index in [0.717, 1.165) is 31.3 Å². The third-order valence-corrected chi connectivity index (χ3v) is 9.04. The maximum atomic E-state index is 13.3. The van der Waals surface area contributed by atoms with Crippen LogP contribution in [0.25, 0.3) is 0 Å². The third-order valence-electron chi connectivity index (χ3n) is 9.04. The van der Waals surface area contributed by atoms with Gasteiger partial charge in [-0.2, -0.15) is 0 Å². The van der Waals surface area contributed by atoms with Crippen molar-refractivity contribution in [2.24, 2.45) is 0 Å². The molecule has 1 saturated carbocycles. The number of ketones is 1. The van der Waals surface area contributed by atoms with Crippen LogP contribution in [0.4, 0.5) is 0 Å². The molecular formula is C43H69N5O10. The van der Waals surface area contributed by atoms with Crippen molar-refractivity contribution in [2.45, 2.75) is 142 Å². The first-order valence-corrected chi connectivity index (χ1v) is 20.7. The summed E-state index contributed by atoms with van der Waals surface area (Å²) < 4.78 is 5.06. The average Bonchev–Trinajstić information content (AvgIpc) is 3.24. The number of carbonyl (C=O) groups excluding carboxylic acids is 6. The maximum absolute atomic E-state index is 13.3. The number of Topliss-reactive ketones (excluding diaryl/α,β-unsaturated/α-hetero) is 1. The molecule has 5 amide bonds. The highest BCUT2D eigenvalue weighted by molar-refractivity contribution is 6.38. The van der Waals surface area contributed by atoms with Crippen molar-refractivity contribution >= 4 is 41.8 Å². The van der Waals surface area contributed by atoms with Crippen LogP contribution in [-0.2, 0) is 38.3 Å². The van der Waals surface area contributed by atoms with Gasteiger partial charge in [-0.15, -0.1) is 0 Å². The smallest absolute Gasteiger partial charge is 0.330 e. The van der Waals surface area contributed by atoms with Gasteiger partial charge in [0.05, 0.1) is 19.1 Å². The molecule has 58 heavy (non-hydrogen) atoms. The van der Waals surface area contributed by atoms with Crippen LogP contribution >= 0.6 is 0 Å². The summed E-state index contributed by atoms with van der Waals surface area (Å²) in [6.45, 7) is 7.13. The number of aliphatic carboxylic acids is 1. The number of benzene rings is 1. The highest BCUT2D eigenvalue weighted by Gasteiger charge is 2.30. The molecule has 0 spiro atoms. The Morgan fingerprint density at radius 3 is 1.95 bits per heavy atom. The summed E-state index contributed by atoms with van der Waals surface area (Å²) >= 11 is 0. The van der Waals surface area contributed by atoms with Crippen molar-refractivity contribution < 1.29 is 48.5 Å². The first-order valence-electron chi connectivity index (χ1n) is 20.7. The molecule has 0 saturated heterocycles. The van der Waals surface area contributed by atoms with Crippen molar-refractivity contribution in [3.63, 3.8) is 0 Å². The zero-order chi connectivity index (χ0) is 43.6. The molecule has 3 unspecified atom stereocenters. The van der Waals surface area contributed by atoms with Gasteiger partial charge in [0.1, 0.15) is 11.8 Å². The van der Waals surface area contributed by atoms with Gasteiger partial charge in [-0.05, 0) is 62.7 Å². The normalized spacial score (nSPS) is 14.0. The fourth-order valence-electron chi connectivity index (χ4n) is 5.94. The van der Waals surface area contributed by atoms with E-state index in [2.05, 4.69) is 26.6 Å². The second-order valence-corrected chi connectivity index (χ2v) is 13.5. The highest BCUT2D eigenvalue weighted by Crippen LogP contribution is 2.18. The van der Waals surface area contributed by atoms with Gasteiger partial charge in [0.15, 0.2) is 6.04 Å². The van der Waals surface area contributed by atoms with Crippen LogP contribution in [0.3, 0.4) is 0 Å². The number of aliphatic hydroxyl groups excluding tert-OH is 1. The van der Waals surface area contributed by atoms with Crippen LogP contribution in [0.2, 0.25) is 0 Å². The van der Waals surface area contributed by atoms with E-state index in [9.17, 15) is 43.8 Å². The first-order chi connectivity index (χ1) is 28.0. The number of rotatable bonds is 26. The number of hydrogen-bond donors (Lipinski definition) is 7. The number of carboxylic acid groups (broad SMARTS) is 1. The summed E-state index contributed by atoms with van der Waals surface area (Å²) in [4.78, 5) is 86.3. The maximum Gasteiger partial charge on any atom is 0.330 e. The minimum absolute atomic E-state index is 0.0162. The van der Waals surface area contributed by atoms with Crippen LogP contribution in [0.15, 0.2) is 53.8 Å². The molecule has 1 fully saturated rings. The number of ether oxygens (including phenoxy) is 1. The van der Waals surface area contributed by atoms with Crippen LogP contribution < -0.4 is 26.6 Å². The Morgan fingerprint density at radius 2 is 1.40 bits per heavy atom. The van der Waals surface area contributed by atoms with Crippen molar-refractivity contribution in [3.8, 4) is 0 Å². The van der Waals surface area contributed by atoms with E-state index < -0.39 is 66.6 Å². The molecule has 1 aromatic rings. The molecule has 0 aliphatic heterocycles. The molecule has 0 bridgehead atoms. The van der Waals surface area contributed by atoms with Gasteiger partial charge in [-0.3, -0.25) is 28.8 Å². The predicted octanol–water partition coefficient (Wildman–Crippen LogP) is 5.26. The standard InChI is InChI=1S/C35H51N5O10.C6H12.C2H6/c1-4-14-26(32(45)34(47)37-22-30(44)40-31(35(48)49)25-16-10-8-11-17-25)39-33(46)27(38-29(43)21-36-23-41)18-13-19-28(42)24(5-2)15-9-6-7-12-20-50-3;1-2-4-6-5-3-1;1-2/h5,8,10-11,16-17,19,23,26-27,31,42H,4,6-7,9,12-15,18,20-22H2,1-3H3,(H,36,41)(H,37,47)(H,38,43)(H,39,46)(H,40,44)(H,48,49);1-6H2;1-2H3. The Hall–Kier alpha value is -5.05. The molecule has 0 radical (unpaired) electrons. The van der Waals surface area contributed by atoms with E-state index >= 15 is 0 Å². The number of allylic oxidation sites excluding steroid dienone is 3. The number of nitrogens with one attached hydrogen (secondary N) is 5. The monoisotopic (exact) mass is 816 g/mol. The molecule has 0 aromatic heterocycles. The van der Waals surface area contributed by atoms with Crippen LogP contribution in [-0.4, -0.2) is 90.9 Å². The Balaban J connectivity index is 0.00000364. The Labute approximate surface area is 344 Å². The van der Waals surface area contributed by atoms with Gasteiger partial charge in [0.2, 0.25) is 29.9 Å². The largest absolute Gasteiger partial charge is 0.508 e. The fraction of sp³-hybridized carbons (Fsp3) is 0.605. The van der Waals surface area contributed by atoms with Crippen molar-refractivity contribution in [1.29, 1.82) is 0 Å². The van der Waals surface area contributed by atoms with Crippen molar-refractivity contribution in [3.05, 3.63) is 59.4 Å². The predicted molar refractivity (Wildman–Crippen MR) is 224 cm³/mol. The van der Waals surface area contributed by atoms with E-state index in [0.29, 0.717) is 31.4 Å². The number of hydrogen-bond acceptors (Lipinski definition) is 9. The topological polar surface area (TPSA) is 229 Å². The SMILES string of the molecule is C1CCCCC1.CC.CC=C(CCCCCCOC)C(O)=CCCC(NC(=O)CNC=O)C(=O)NC(CCC)C(=O)C(=O)NCC(=O)NC(C(=O)O)c1ccccc1. The number of methoxy groups -OCH3 is 1. The van der Waals surface area contributed by atoms with E-state index in [-0.39, 0.29) is 25.0 Å². The molecule has 1 aliphatic rings. The number of carboxylic acids is 1. The second kappa shape index (κ2) is 34.0. The quantitative estimate of drug-likeness (QED) is 0.0211. The van der Waals surface area contributed by atoms with E-state index in [1.165, 1.54) is 56.7 Å². The van der Waals surface area contributed by atoms with Gasteiger partial charge >= 0.3 is 5.97 Å². The average molecular weight is 816 g/mol. The lowest BCUT2D eigenvalue weighted by atomic mass is 10.0.